The number of methoxy groups -OCH3 is 1. The second kappa shape index (κ2) is 7.08. The predicted molar refractivity (Wildman–Crippen MR) is 104 cm³/mol. The van der Waals surface area contributed by atoms with Gasteiger partial charge in [-0.2, -0.15) is 0 Å². The van der Waals surface area contributed by atoms with Crippen LogP contribution in [0.15, 0.2) is 29.6 Å². The Morgan fingerprint density at radius 2 is 2.04 bits per heavy atom. The first-order valence-electron chi connectivity index (χ1n) is 9.00. The number of carbonyl (C=O) groups excluding carboxylic acids is 2. The maximum absolute atomic E-state index is 11.9. The van der Waals surface area contributed by atoms with E-state index in [-0.39, 0.29) is 5.97 Å². The van der Waals surface area contributed by atoms with Gasteiger partial charge in [0, 0.05) is 16.5 Å². The van der Waals surface area contributed by atoms with Gasteiger partial charge in [-0.15, -0.1) is 11.3 Å². The molecule has 26 heavy (non-hydrogen) atoms. The molecule has 0 amide bonds. The highest BCUT2D eigenvalue weighted by Gasteiger charge is 2.25. The molecule has 1 fully saturated rings. The predicted octanol–water partition coefficient (Wildman–Crippen LogP) is 5.54. The Labute approximate surface area is 156 Å². The van der Waals surface area contributed by atoms with Crippen LogP contribution in [0.1, 0.15) is 64.3 Å². The second-order valence-electron chi connectivity index (χ2n) is 6.82. The van der Waals surface area contributed by atoms with Crippen LogP contribution < -0.4 is 0 Å². The summed E-state index contributed by atoms with van der Waals surface area (Å²) in [4.78, 5) is 27.9. The molecular weight excluding hydrogens is 346 g/mol. The molecule has 4 nitrogen and oxygen atoms in total. The molecule has 1 aliphatic carbocycles. The van der Waals surface area contributed by atoms with E-state index in [1.807, 2.05) is 29.6 Å². The number of hydrogen-bond acceptors (Lipinski definition) is 4. The standard InChI is InChI=1S/C21H21NO3S/c1-25-21(24)14-7-8-16-17(11-14)22-19(20-15(12-23)9-10-26-20)18(16)13-5-3-2-4-6-13/h7-13,22H,2-6H2,1H3. The summed E-state index contributed by atoms with van der Waals surface area (Å²) in [5, 5.41) is 3.10. The molecule has 2 aromatic heterocycles. The molecule has 2 heterocycles. The van der Waals surface area contributed by atoms with Gasteiger partial charge in [-0.05, 0) is 47.9 Å². The maximum Gasteiger partial charge on any atom is 0.337 e. The minimum absolute atomic E-state index is 0.341. The number of aromatic amines is 1. The van der Waals surface area contributed by atoms with E-state index in [0.717, 1.165) is 27.8 Å². The molecule has 134 valence electrons. The van der Waals surface area contributed by atoms with E-state index in [1.165, 1.54) is 44.8 Å². The Balaban J connectivity index is 1.93. The summed E-state index contributed by atoms with van der Waals surface area (Å²) >= 11 is 1.58. The van der Waals surface area contributed by atoms with Crippen molar-refractivity contribution in [2.24, 2.45) is 0 Å². The lowest BCUT2D eigenvalue weighted by molar-refractivity contribution is 0.0601. The fourth-order valence-corrected chi connectivity index (χ4v) is 4.96. The number of ether oxygens (including phenoxy) is 1. The minimum atomic E-state index is -0.341. The molecule has 0 spiro atoms. The number of hydrogen-bond donors (Lipinski definition) is 1. The second-order valence-corrected chi connectivity index (χ2v) is 7.74. The molecule has 1 aliphatic rings. The lowest BCUT2D eigenvalue weighted by atomic mass is 9.82. The van der Waals surface area contributed by atoms with Crippen molar-refractivity contribution < 1.29 is 14.3 Å². The number of H-pyrrole nitrogens is 1. The summed E-state index contributed by atoms with van der Waals surface area (Å²) in [6, 6.07) is 7.56. The number of fused-ring (bicyclic) bond motifs is 1. The summed E-state index contributed by atoms with van der Waals surface area (Å²) in [6.07, 6.45) is 7.02. The average molecular weight is 367 g/mol. The molecule has 0 saturated heterocycles. The summed E-state index contributed by atoms with van der Waals surface area (Å²) in [7, 11) is 1.39. The third-order valence-electron chi connectivity index (χ3n) is 5.32. The zero-order valence-corrected chi connectivity index (χ0v) is 15.5. The molecule has 1 saturated carbocycles. The van der Waals surface area contributed by atoms with Gasteiger partial charge in [-0.1, -0.05) is 25.3 Å². The normalized spacial score (nSPS) is 15.3. The number of aldehydes is 1. The first-order chi connectivity index (χ1) is 12.7. The molecule has 0 aliphatic heterocycles. The average Bonchev–Trinajstić information content (AvgIpc) is 3.31. The van der Waals surface area contributed by atoms with Crippen LogP contribution in [0.5, 0.6) is 0 Å². The van der Waals surface area contributed by atoms with Crippen molar-refractivity contribution in [2.75, 3.05) is 7.11 Å². The van der Waals surface area contributed by atoms with E-state index in [4.69, 9.17) is 4.74 Å². The van der Waals surface area contributed by atoms with Crippen molar-refractivity contribution in [3.05, 3.63) is 46.3 Å². The number of carbonyl (C=O) groups is 2. The van der Waals surface area contributed by atoms with Crippen LogP contribution in [0.4, 0.5) is 0 Å². The first kappa shape index (κ1) is 17.0. The number of aromatic nitrogens is 1. The van der Waals surface area contributed by atoms with Gasteiger partial charge in [0.05, 0.1) is 23.2 Å². The Morgan fingerprint density at radius 1 is 1.23 bits per heavy atom. The van der Waals surface area contributed by atoms with Crippen LogP contribution in [-0.2, 0) is 4.74 Å². The lowest BCUT2D eigenvalue weighted by Crippen LogP contribution is -2.05. The molecule has 1 aromatic carbocycles. The van der Waals surface area contributed by atoms with Crippen molar-refractivity contribution in [2.45, 2.75) is 38.0 Å². The van der Waals surface area contributed by atoms with Crippen LogP contribution in [0.2, 0.25) is 0 Å². The molecule has 4 rings (SSSR count). The lowest BCUT2D eigenvalue weighted by Gasteiger charge is -2.22. The molecule has 0 radical (unpaired) electrons. The molecule has 0 bridgehead atoms. The molecule has 1 N–H and O–H groups in total. The van der Waals surface area contributed by atoms with Crippen LogP contribution >= 0.6 is 11.3 Å². The summed E-state index contributed by atoms with van der Waals surface area (Å²) < 4.78 is 4.85. The Kier molecular flexibility index (Phi) is 4.64. The summed E-state index contributed by atoms with van der Waals surface area (Å²) in [6.45, 7) is 0. The highest BCUT2D eigenvalue weighted by molar-refractivity contribution is 7.14. The molecular formula is C21H21NO3S. The number of esters is 1. The third kappa shape index (κ3) is 2.86. The first-order valence-corrected chi connectivity index (χ1v) is 9.88. The van der Waals surface area contributed by atoms with Crippen LogP contribution in [-0.4, -0.2) is 24.3 Å². The quantitative estimate of drug-likeness (QED) is 0.486. The van der Waals surface area contributed by atoms with Gasteiger partial charge in [-0.3, -0.25) is 4.79 Å². The number of thiophene rings is 1. The van der Waals surface area contributed by atoms with Gasteiger partial charge in [0.25, 0.3) is 0 Å². The number of benzene rings is 1. The van der Waals surface area contributed by atoms with Gasteiger partial charge in [-0.25, -0.2) is 4.79 Å². The van der Waals surface area contributed by atoms with Crippen molar-refractivity contribution in [3.8, 4) is 10.6 Å². The fourth-order valence-electron chi connectivity index (χ4n) is 4.07. The zero-order valence-electron chi connectivity index (χ0n) is 14.7. The van der Waals surface area contributed by atoms with Crippen molar-refractivity contribution in [1.82, 2.24) is 4.98 Å². The fraction of sp³-hybridized carbons (Fsp3) is 0.333. The van der Waals surface area contributed by atoms with Gasteiger partial charge < -0.3 is 9.72 Å². The number of rotatable bonds is 4. The molecule has 3 aromatic rings. The van der Waals surface area contributed by atoms with Crippen molar-refractivity contribution >= 4 is 34.5 Å². The SMILES string of the molecule is COC(=O)c1ccc2c(C3CCCCC3)c(-c3sccc3C=O)[nH]c2c1. The Hall–Kier alpha value is -2.40. The molecule has 0 atom stereocenters. The van der Waals surface area contributed by atoms with Gasteiger partial charge in [0.15, 0.2) is 6.29 Å². The van der Waals surface area contributed by atoms with Crippen LogP contribution in [0.25, 0.3) is 21.5 Å². The summed E-state index contributed by atoms with van der Waals surface area (Å²) in [5.41, 5.74) is 4.50. The van der Waals surface area contributed by atoms with E-state index in [1.54, 1.807) is 11.3 Å². The highest BCUT2D eigenvalue weighted by Crippen LogP contribution is 2.44. The van der Waals surface area contributed by atoms with Crippen molar-refractivity contribution in [3.63, 3.8) is 0 Å². The Bertz CT molecular complexity index is 963. The van der Waals surface area contributed by atoms with E-state index < -0.39 is 0 Å². The van der Waals surface area contributed by atoms with Gasteiger partial charge in [0.2, 0.25) is 0 Å². The largest absolute Gasteiger partial charge is 0.465 e. The van der Waals surface area contributed by atoms with Crippen molar-refractivity contribution in [1.29, 1.82) is 0 Å². The maximum atomic E-state index is 11.9. The van der Waals surface area contributed by atoms with Gasteiger partial charge >= 0.3 is 5.97 Å². The minimum Gasteiger partial charge on any atom is -0.465 e. The summed E-state index contributed by atoms with van der Waals surface area (Å²) in [5.74, 6) is 0.144. The van der Waals surface area contributed by atoms with Gasteiger partial charge in [0.1, 0.15) is 0 Å². The topological polar surface area (TPSA) is 59.2 Å². The van der Waals surface area contributed by atoms with Crippen LogP contribution in [0.3, 0.4) is 0 Å². The molecule has 0 unspecified atom stereocenters. The number of nitrogens with one attached hydrogen (secondary N) is 1. The molecule has 5 heteroatoms. The zero-order chi connectivity index (χ0) is 18.1. The highest BCUT2D eigenvalue weighted by atomic mass is 32.1. The third-order valence-corrected chi connectivity index (χ3v) is 6.27. The van der Waals surface area contributed by atoms with E-state index in [0.29, 0.717) is 17.0 Å². The smallest absolute Gasteiger partial charge is 0.337 e. The van der Waals surface area contributed by atoms with E-state index >= 15 is 0 Å². The Morgan fingerprint density at radius 3 is 2.77 bits per heavy atom. The van der Waals surface area contributed by atoms with Crippen LogP contribution in [0, 0.1) is 0 Å². The monoisotopic (exact) mass is 367 g/mol. The van der Waals surface area contributed by atoms with E-state index in [9.17, 15) is 9.59 Å². The van der Waals surface area contributed by atoms with E-state index in [2.05, 4.69) is 4.98 Å².